The van der Waals surface area contributed by atoms with Gasteiger partial charge in [-0.15, -0.1) is 5.10 Å². The van der Waals surface area contributed by atoms with Crippen LogP contribution >= 0.6 is 11.6 Å². The largest absolute Gasteiger partial charge is 0.370 e. The van der Waals surface area contributed by atoms with Gasteiger partial charge in [-0.3, -0.25) is 9.89 Å². The predicted octanol–water partition coefficient (Wildman–Crippen LogP) is 0.827. The van der Waals surface area contributed by atoms with Gasteiger partial charge in [0, 0.05) is 11.1 Å². The lowest BCUT2D eigenvalue weighted by atomic mass is 10.3. The number of halogens is 1. The second-order valence-corrected chi connectivity index (χ2v) is 4.11. The molecule has 3 rings (SSSR count). The molecule has 0 aliphatic rings. The third-order valence-electron chi connectivity index (χ3n) is 2.48. The van der Waals surface area contributed by atoms with Crippen molar-refractivity contribution in [3.63, 3.8) is 0 Å². The van der Waals surface area contributed by atoms with Crippen LogP contribution in [0.1, 0.15) is 0 Å². The van der Waals surface area contributed by atoms with E-state index in [1.54, 1.807) is 24.3 Å². The molecule has 0 bridgehead atoms. The minimum atomic E-state index is -0.440. The average molecular weight is 263 g/mol. The zero-order valence-corrected chi connectivity index (χ0v) is 9.76. The highest BCUT2D eigenvalue weighted by atomic mass is 35.5. The van der Waals surface area contributed by atoms with Gasteiger partial charge in [0.05, 0.1) is 5.69 Å². The fourth-order valence-corrected chi connectivity index (χ4v) is 1.77. The quantitative estimate of drug-likeness (QED) is 0.706. The topological polar surface area (TPSA) is 72.2 Å². The molecule has 1 N–H and O–H groups in total. The molecule has 18 heavy (non-hydrogen) atoms. The number of hydrogen-bond donors (Lipinski definition) is 1. The lowest BCUT2D eigenvalue weighted by Crippen LogP contribution is -2.23. The number of rotatable bonds is 1. The van der Waals surface area contributed by atoms with Crippen LogP contribution in [0.15, 0.2) is 46.0 Å². The van der Waals surface area contributed by atoms with E-state index in [0.29, 0.717) is 16.4 Å². The van der Waals surface area contributed by atoms with E-state index in [0.717, 1.165) is 4.52 Å². The van der Waals surface area contributed by atoms with Gasteiger partial charge in [0.15, 0.2) is 5.65 Å². The van der Waals surface area contributed by atoms with Crippen LogP contribution in [0.25, 0.3) is 11.3 Å². The second kappa shape index (κ2) is 3.85. The van der Waals surface area contributed by atoms with Crippen molar-refractivity contribution in [2.24, 2.45) is 0 Å². The summed E-state index contributed by atoms with van der Waals surface area (Å²) in [6.45, 7) is 0. The molecule has 0 amide bonds. The summed E-state index contributed by atoms with van der Waals surface area (Å²) in [5.74, 6) is 0. The van der Waals surface area contributed by atoms with Gasteiger partial charge in [-0.2, -0.15) is 9.20 Å². The monoisotopic (exact) mass is 262 g/mol. The summed E-state index contributed by atoms with van der Waals surface area (Å²) in [7, 11) is 0. The molecule has 0 radical (unpaired) electrons. The van der Waals surface area contributed by atoms with Gasteiger partial charge in [-0.25, -0.2) is 4.79 Å². The van der Waals surface area contributed by atoms with Crippen molar-refractivity contribution in [3.05, 3.63) is 62.3 Å². The second-order valence-electron chi connectivity index (χ2n) is 3.67. The van der Waals surface area contributed by atoms with Gasteiger partial charge in [-0.1, -0.05) is 11.6 Å². The molecule has 0 saturated heterocycles. The third kappa shape index (κ3) is 1.63. The van der Waals surface area contributed by atoms with Gasteiger partial charge >= 0.3 is 5.69 Å². The normalized spacial score (nSPS) is 10.9. The molecule has 0 aliphatic heterocycles. The molecule has 0 unspecified atom stereocenters. The van der Waals surface area contributed by atoms with Crippen molar-refractivity contribution in [2.45, 2.75) is 0 Å². The highest BCUT2D eigenvalue weighted by molar-refractivity contribution is 6.30. The molecule has 3 aromatic rings. The molecular weight excluding hydrogens is 256 g/mol. The maximum atomic E-state index is 12.0. The first kappa shape index (κ1) is 10.8. The lowest BCUT2D eigenvalue weighted by Gasteiger charge is -1.97. The van der Waals surface area contributed by atoms with Crippen LogP contribution in [-0.4, -0.2) is 19.4 Å². The minimum Gasteiger partial charge on any atom is -0.268 e. The number of hydrogen-bond acceptors (Lipinski definition) is 3. The smallest absolute Gasteiger partial charge is 0.268 e. The van der Waals surface area contributed by atoms with Gasteiger partial charge in [-0.05, 0) is 30.3 Å². The molecule has 0 spiro atoms. The molecule has 0 atom stereocenters. The van der Waals surface area contributed by atoms with E-state index in [4.69, 9.17) is 11.6 Å². The Labute approximate surface area is 105 Å². The summed E-state index contributed by atoms with van der Waals surface area (Å²) in [5, 5.41) is 7.08. The van der Waals surface area contributed by atoms with Crippen molar-refractivity contribution in [3.8, 4) is 5.69 Å². The molecule has 2 aromatic heterocycles. The fourth-order valence-electron chi connectivity index (χ4n) is 1.64. The van der Waals surface area contributed by atoms with Crippen LogP contribution in [0.5, 0.6) is 0 Å². The van der Waals surface area contributed by atoms with Crippen LogP contribution in [0.4, 0.5) is 0 Å². The van der Waals surface area contributed by atoms with Crippen LogP contribution in [0.2, 0.25) is 5.02 Å². The molecule has 90 valence electrons. The first-order chi connectivity index (χ1) is 8.65. The van der Waals surface area contributed by atoms with E-state index in [2.05, 4.69) is 10.2 Å². The predicted molar refractivity (Wildman–Crippen MR) is 66.4 cm³/mol. The first-order valence-electron chi connectivity index (χ1n) is 5.12. The maximum Gasteiger partial charge on any atom is 0.370 e. The third-order valence-corrected chi connectivity index (χ3v) is 2.73. The van der Waals surface area contributed by atoms with Crippen molar-refractivity contribution in [1.29, 1.82) is 0 Å². The van der Waals surface area contributed by atoms with E-state index in [1.165, 1.54) is 16.8 Å². The molecule has 0 aliphatic carbocycles. The SMILES string of the molecule is O=c1ccc2nn(-c3ccc(Cl)cc3)c(=O)n2[nH]1. The Balaban J connectivity index is 2.30. The van der Waals surface area contributed by atoms with E-state index >= 15 is 0 Å². The zero-order chi connectivity index (χ0) is 12.7. The van der Waals surface area contributed by atoms with Crippen LogP contribution in [0, 0.1) is 0 Å². The number of aromatic nitrogens is 4. The first-order valence-corrected chi connectivity index (χ1v) is 5.50. The molecule has 2 heterocycles. The Hall–Kier alpha value is -2.34. The van der Waals surface area contributed by atoms with Crippen molar-refractivity contribution >= 4 is 17.2 Å². The van der Waals surface area contributed by atoms with Crippen molar-refractivity contribution in [1.82, 2.24) is 19.4 Å². The number of nitrogens with one attached hydrogen (secondary N) is 1. The molecule has 7 heteroatoms. The molecule has 1 aromatic carbocycles. The van der Waals surface area contributed by atoms with E-state index in [1.807, 2.05) is 0 Å². The molecule has 0 fully saturated rings. The van der Waals surface area contributed by atoms with Gasteiger partial charge in [0.2, 0.25) is 0 Å². The van der Waals surface area contributed by atoms with Crippen molar-refractivity contribution < 1.29 is 0 Å². The summed E-state index contributed by atoms with van der Waals surface area (Å²) >= 11 is 5.78. The van der Waals surface area contributed by atoms with Crippen LogP contribution in [-0.2, 0) is 0 Å². The Kier molecular flexibility index (Phi) is 2.31. The summed E-state index contributed by atoms with van der Waals surface area (Å²) in [5.41, 5.74) is 0.147. The number of nitrogens with zero attached hydrogens (tertiary/aromatic N) is 3. The van der Waals surface area contributed by atoms with E-state index < -0.39 is 5.69 Å². The van der Waals surface area contributed by atoms with Crippen LogP contribution < -0.4 is 11.2 Å². The lowest BCUT2D eigenvalue weighted by molar-refractivity contribution is 0.794. The average Bonchev–Trinajstić information content (AvgIpc) is 2.68. The van der Waals surface area contributed by atoms with E-state index in [9.17, 15) is 9.59 Å². The van der Waals surface area contributed by atoms with Gasteiger partial charge in [0.25, 0.3) is 5.56 Å². The fraction of sp³-hybridized carbons (Fsp3) is 0. The molecular formula is C11H7ClN4O2. The van der Waals surface area contributed by atoms with Gasteiger partial charge < -0.3 is 0 Å². The summed E-state index contributed by atoms with van der Waals surface area (Å²) < 4.78 is 2.29. The highest BCUT2D eigenvalue weighted by Crippen LogP contribution is 2.11. The zero-order valence-electron chi connectivity index (χ0n) is 9.00. The Morgan fingerprint density at radius 3 is 2.50 bits per heavy atom. The number of fused-ring (bicyclic) bond motifs is 1. The minimum absolute atomic E-state index is 0.361. The Morgan fingerprint density at radius 2 is 1.78 bits per heavy atom. The van der Waals surface area contributed by atoms with Crippen molar-refractivity contribution in [2.75, 3.05) is 0 Å². The maximum absolute atomic E-state index is 12.0. The summed E-state index contributed by atoms with van der Waals surface area (Å²) in [4.78, 5) is 23.2. The number of aromatic amines is 1. The summed E-state index contributed by atoms with van der Waals surface area (Å²) in [6, 6.07) is 9.47. The number of benzene rings is 1. The highest BCUT2D eigenvalue weighted by Gasteiger charge is 2.08. The Morgan fingerprint density at radius 1 is 1.06 bits per heavy atom. The van der Waals surface area contributed by atoms with E-state index in [-0.39, 0.29) is 5.56 Å². The molecule has 0 saturated carbocycles. The number of H-pyrrole nitrogens is 1. The summed E-state index contributed by atoms with van der Waals surface area (Å²) in [6.07, 6.45) is 0. The Bertz CT molecular complexity index is 829. The standard InChI is InChI=1S/C11H7ClN4O2/c12-7-1-3-8(4-2-7)15-11(18)16-9(13-15)5-6-10(17)14-16/h1-6H,(H,14,17). The molecule has 6 nitrogen and oxygen atoms in total. The van der Waals surface area contributed by atoms with Gasteiger partial charge in [0.1, 0.15) is 0 Å². The van der Waals surface area contributed by atoms with Crippen LogP contribution in [0.3, 0.4) is 0 Å².